The highest BCUT2D eigenvalue weighted by atomic mass is 16.5. The van der Waals surface area contributed by atoms with Gasteiger partial charge in [-0.05, 0) is 36.0 Å². The van der Waals surface area contributed by atoms with Gasteiger partial charge in [0.25, 0.3) is 0 Å². The average molecular weight is 274 g/mol. The van der Waals surface area contributed by atoms with Crippen molar-refractivity contribution >= 4 is 12.0 Å². The maximum atomic E-state index is 10.9. The summed E-state index contributed by atoms with van der Waals surface area (Å²) in [5.74, 6) is -0.219. The van der Waals surface area contributed by atoms with Crippen LogP contribution in [0.2, 0.25) is 0 Å². The third-order valence-electron chi connectivity index (χ3n) is 3.17. The number of carbonyl (C=O) groups is 1. The number of ether oxygens (including phenoxy) is 1. The summed E-state index contributed by atoms with van der Waals surface area (Å²) in [6.07, 6.45) is 7.75. The zero-order chi connectivity index (χ0) is 14.8. The smallest absolute Gasteiger partial charge is 0.302 e. The molecule has 0 radical (unpaired) electrons. The van der Waals surface area contributed by atoms with Gasteiger partial charge >= 0.3 is 5.97 Å². The van der Waals surface area contributed by atoms with E-state index in [0.29, 0.717) is 6.61 Å². The number of esters is 1. The third kappa shape index (κ3) is 6.55. The molecule has 0 unspecified atom stereocenters. The van der Waals surface area contributed by atoms with Crippen molar-refractivity contribution in [1.29, 1.82) is 0 Å². The number of hydrogen-bond donors (Lipinski definition) is 0. The lowest BCUT2D eigenvalue weighted by molar-refractivity contribution is -0.140. The van der Waals surface area contributed by atoms with Crippen molar-refractivity contribution in [2.45, 2.75) is 52.9 Å². The molecule has 0 heterocycles. The average Bonchev–Trinajstić information content (AvgIpc) is 2.43. The first-order valence-corrected chi connectivity index (χ1v) is 7.57. The van der Waals surface area contributed by atoms with E-state index < -0.39 is 0 Å². The van der Waals surface area contributed by atoms with Crippen molar-refractivity contribution in [1.82, 2.24) is 0 Å². The molecule has 0 aromatic heterocycles. The molecule has 0 amide bonds. The molecular formula is C18H26O2. The van der Waals surface area contributed by atoms with Crippen molar-refractivity contribution < 1.29 is 9.53 Å². The Morgan fingerprint density at radius 2 is 2.05 bits per heavy atom. The topological polar surface area (TPSA) is 26.3 Å². The van der Waals surface area contributed by atoms with Crippen LogP contribution in [0.15, 0.2) is 29.8 Å². The molecule has 2 nitrogen and oxygen atoms in total. The molecule has 110 valence electrons. The van der Waals surface area contributed by atoms with Crippen LogP contribution in [-0.2, 0) is 16.0 Å². The molecule has 1 rings (SSSR count). The predicted molar refractivity (Wildman–Crippen MR) is 84.6 cm³/mol. The molecule has 1 aromatic carbocycles. The molecule has 0 N–H and O–H groups in total. The SMILES string of the molecule is CCCCc1cccc(/C=C(\CCC)COC(C)=O)c1. The van der Waals surface area contributed by atoms with E-state index in [1.54, 1.807) is 0 Å². The van der Waals surface area contributed by atoms with Crippen LogP contribution in [0.4, 0.5) is 0 Å². The zero-order valence-corrected chi connectivity index (χ0v) is 12.9. The van der Waals surface area contributed by atoms with Crippen LogP contribution >= 0.6 is 0 Å². The summed E-state index contributed by atoms with van der Waals surface area (Å²) in [5, 5.41) is 0. The van der Waals surface area contributed by atoms with Gasteiger partial charge in [-0.3, -0.25) is 4.79 Å². The fraction of sp³-hybridized carbons (Fsp3) is 0.500. The number of carbonyl (C=O) groups excluding carboxylic acids is 1. The second kappa shape index (κ2) is 9.35. The summed E-state index contributed by atoms with van der Waals surface area (Å²) < 4.78 is 5.12. The van der Waals surface area contributed by atoms with E-state index in [1.165, 1.54) is 36.5 Å². The molecule has 0 bridgehead atoms. The highest BCUT2D eigenvalue weighted by molar-refractivity contribution is 5.66. The van der Waals surface area contributed by atoms with Gasteiger partial charge in [-0.15, -0.1) is 0 Å². The van der Waals surface area contributed by atoms with Crippen molar-refractivity contribution in [2.24, 2.45) is 0 Å². The fourth-order valence-corrected chi connectivity index (χ4v) is 2.16. The fourth-order valence-electron chi connectivity index (χ4n) is 2.16. The van der Waals surface area contributed by atoms with Gasteiger partial charge in [0, 0.05) is 6.92 Å². The molecule has 0 fully saturated rings. The van der Waals surface area contributed by atoms with Crippen LogP contribution in [-0.4, -0.2) is 12.6 Å². The minimum absolute atomic E-state index is 0.219. The van der Waals surface area contributed by atoms with Crippen molar-refractivity contribution in [3.63, 3.8) is 0 Å². The monoisotopic (exact) mass is 274 g/mol. The largest absolute Gasteiger partial charge is 0.461 e. The Morgan fingerprint density at radius 3 is 2.70 bits per heavy atom. The Labute approximate surface area is 122 Å². The molecule has 0 atom stereocenters. The molecular weight excluding hydrogens is 248 g/mol. The summed E-state index contributed by atoms with van der Waals surface area (Å²) in [6.45, 7) is 6.21. The van der Waals surface area contributed by atoms with E-state index >= 15 is 0 Å². The molecule has 1 aromatic rings. The lowest BCUT2D eigenvalue weighted by Crippen LogP contribution is -2.03. The molecule has 0 saturated carbocycles. The van der Waals surface area contributed by atoms with Gasteiger partial charge in [0.15, 0.2) is 0 Å². The normalized spacial score (nSPS) is 11.4. The highest BCUT2D eigenvalue weighted by Crippen LogP contribution is 2.15. The van der Waals surface area contributed by atoms with Crippen molar-refractivity contribution in [2.75, 3.05) is 6.61 Å². The van der Waals surface area contributed by atoms with E-state index in [9.17, 15) is 4.79 Å². The molecule has 0 aliphatic rings. The van der Waals surface area contributed by atoms with Gasteiger partial charge in [0.1, 0.15) is 6.61 Å². The molecule has 0 spiro atoms. The number of hydrogen-bond acceptors (Lipinski definition) is 2. The number of unbranched alkanes of at least 4 members (excludes halogenated alkanes) is 1. The first-order chi connectivity index (χ1) is 9.65. The standard InChI is InChI=1S/C18H26O2/c1-4-6-9-16-10-7-11-17(12-16)13-18(8-5-2)14-20-15(3)19/h7,10-13H,4-6,8-9,14H2,1-3H3/b18-13+. The van der Waals surface area contributed by atoms with Crippen LogP contribution in [0.25, 0.3) is 6.08 Å². The maximum absolute atomic E-state index is 10.9. The van der Waals surface area contributed by atoms with E-state index in [1.807, 2.05) is 0 Å². The van der Waals surface area contributed by atoms with E-state index in [4.69, 9.17) is 4.74 Å². The van der Waals surface area contributed by atoms with Gasteiger partial charge in [-0.25, -0.2) is 0 Å². The highest BCUT2D eigenvalue weighted by Gasteiger charge is 2.01. The lowest BCUT2D eigenvalue weighted by Gasteiger charge is -2.08. The van der Waals surface area contributed by atoms with Gasteiger partial charge in [-0.1, -0.05) is 57.0 Å². The maximum Gasteiger partial charge on any atom is 0.302 e. The second-order valence-corrected chi connectivity index (χ2v) is 5.18. The van der Waals surface area contributed by atoms with Crippen LogP contribution in [0.3, 0.4) is 0 Å². The summed E-state index contributed by atoms with van der Waals surface area (Å²) in [7, 11) is 0. The first kappa shape index (κ1) is 16.5. The quantitative estimate of drug-likeness (QED) is 0.638. The minimum Gasteiger partial charge on any atom is -0.461 e. The van der Waals surface area contributed by atoms with Crippen LogP contribution in [0.5, 0.6) is 0 Å². The van der Waals surface area contributed by atoms with Crippen molar-refractivity contribution in [3.8, 4) is 0 Å². The third-order valence-corrected chi connectivity index (χ3v) is 3.17. The van der Waals surface area contributed by atoms with E-state index in [2.05, 4.69) is 44.2 Å². The Morgan fingerprint density at radius 1 is 1.25 bits per heavy atom. The first-order valence-electron chi connectivity index (χ1n) is 7.57. The number of aryl methyl sites for hydroxylation is 1. The molecule has 20 heavy (non-hydrogen) atoms. The van der Waals surface area contributed by atoms with E-state index in [-0.39, 0.29) is 5.97 Å². The summed E-state index contributed by atoms with van der Waals surface area (Å²) in [4.78, 5) is 10.9. The van der Waals surface area contributed by atoms with Gasteiger partial charge in [0.2, 0.25) is 0 Å². The predicted octanol–water partition coefficient (Wildman–Crippen LogP) is 4.78. The Kier molecular flexibility index (Phi) is 7.71. The van der Waals surface area contributed by atoms with E-state index in [0.717, 1.165) is 19.3 Å². The van der Waals surface area contributed by atoms with Crippen LogP contribution in [0.1, 0.15) is 57.6 Å². The molecule has 0 aliphatic carbocycles. The minimum atomic E-state index is -0.219. The number of rotatable bonds is 8. The molecule has 0 aliphatic heterocycles. The molecule has 0 saturated heterocycles. The lowest BCUT2D eigenvalue weighted by atomic mass is 10.0. The summed E-state index contributed by atoms with van der Waals surface area (Å²) in [6, 6.07) is 8.63. The van der Waals surface area contributed by atoms with Crippen molar-refractivity contribution in [3.05, 3.63) is 41.0 Å². The summed E-state index contributed by atoms with van der Waals surface area (Å²) in [5.41, 5.74) is 3.76. The van der Waals surface area contributed by atoms with Gasteiger partial charge < -0.3 is 4.74 Å². The van der Waals surface area contributed by atoms with Crippen LogP contribution in [0, 0.1) is 0 Å². The Balaban J connectivity index is 2.78. The summed E-state index contributed by atoms with van der Waals surface area (Å²) >= 11 is 0. The Hall–Kier alpha value is -1.57. The van der Waals surface area contributed by atoms with Gasteiger partial charge in [0.05, 0.1) is 0 Å². The van der Waals surface area contributed by atoms with Crippen LogP contribution < -0.4 is 0 Å². The number of benzene rings is 1. The molecule has 2 heteroatoms. The second-order valence-electron chi connectivity index (χ2n) is 5.18. The van der Waals surface area contributed by atoms with Gasteiger partial charge in [-0.2, -0.15) is 0 Å². The Bertz CT molecular complexity index is 446. The zero-order valence-electron chi connectivity index (χ0n) is 12.9.